The summed E-state index contributed by atoms with van der Waals surface area (Å²) in [4.78, 5) is 25.3. The van der Waals surface area contributed by atoms with Crippen LogP contribution in [0.5, 0.6) is 0 Å². The van der Waals surface area contributed by atoms with Crippen LogP contribution in [0.25, 0.3) is 0 Å². The van der Waals surface area contributed by atoms with E-state index in [-0.39, 0.29) is 11.3 Å². The van der Waals surface area contributed by atoms with Crippen molar-refractivity contribution >= 4 is 11.9 Å². The van der Waals surface area contributed by atoms with Gasteiger partial charge in [-0.3, -0.25) is 9.59 Å². The Morgan fingerprint density at radius 1 is 1.25 bits per heavy atom. The first-order chi connectivity index (χ1) is 9.30. The molecule has 1 N–H and O–H groups in total. The van der Waals surface area contributed by atoms with Crippen molar-refractivity contribution < 1.29 is 14.7 Å². The van der Waals surface area contributed by atoms with Gasteiger partial charge < -0.3 is 10.0 Å². The largest absolute Gasteiger partial charge is 0.481 e. The molecule has 0 aromatic heterocycles. The number of carbonyl (C=O) groups is 2. The van der Waals surface area contributed by atoms with Gasteiger partial charge in [0.05, 0.1) is 5.92 Å². The minimum Gasteiger partial charge on any atom is -0.481 e. The second-order valence-electron chi connectivity index (χ2n) is 6.37. The fourth-order valence-corrected chi connectivity index (χ4v) is 2.64. The molecule has 1 heterocycles. The standard InChI is InChI=1S/C16H21NO3/c1-16(2,3)13-7-5-4-6-12(13)14(18)17-9-8-11(10-17)15(19)20/h4-7,11H,8-10H2,1-3H3,(H,19,20). The molecule has 0 bridgehead atoms. The molecule has 0 aliphatic carbocycles. The van der Waals surface area contributed by atoms with Crippen molar-refractivity contribution in [1.29, 1.82) is 0 Å². The molecule has 0 saturated carbocycles. The summed E-state index contributed by atoms with van der Waals surface area (Å²) < 4.78 is 0. The van der Waals surface area contributed by atoms with E-state index < -0.39 is 11.9 Å². The van der Waals surface area contributed by atoms with Crippen molar-refractivity contribution in [1.82, 2.24) is 4.90 Å². The summed E-state index contributed by atoms with van der Waals surface area (Å²) in [6, 6.07) is 7.59. The summed E-state index contributed by atoms with van der Waals surface area (Å²) in [5.41, 5.74) is 1.58. The van der Waals surface area contributed by atoms with E-state index in [2.05, 4.69) is 20.8 Å². The molecule has 108 valence electrons. The minimum absolute atomic E-state index is 0.0562. The molecule has 1 fully saturated rings. The van der Waals surface area contributed by atoms with Gasteiger partial charge in [0.1, 0.15) is 0 Å². The highest BCUT2D eigenvalue weighted by atomic mass is 16.4. The SMILES string of the molecule is CC(C)(C)c1ccccc1C(=O)N1CCC(C(=O)O)C1. The number of nitrogens with zero attached hydrogens (tertiary/aromatic N) is 1. The van der Waals surface area contributed by atoms with E-state index in [1.807, 2.05) is 24.3 Å². The van der Waals surface area contributed by atoms with Crippen LogP contribution in [0.4, 0.5) is 0 Å². The molecular formula is C16H21NO3. The number of hydrogen-bond acceptors (Lipinski definition) is 2. The topological polar surface area (TPSA) is 57.6 Å². The number of carboxylic acid groups (broad SMARTS) is 1. The lowest BCUT2D eigenvalue weighted by atomic mass is 9.83. The van der Waals surface area contributed by atoms with E-state index >= 15 is 0 Å². The number of likely N-dealkylation sites (tertiary alicyclic amines) is 1. The maximum absolute atomic E-state index is 12.6. The molecule has 0 spiro atoms. The Labute approximate surface area is 119 Å². The van der Waals surface area contributed by atoms with Gasteiger partial charge in [-0.25, -0.2) is 0 Å². The second-order valence-corrected chi connectivity index (χ2v) is 6.37. The van der Waals surface area contributed by atoms with Crippen LogP contribution in [0.15, 0.2) is 24.3 Å². The van der Waals surface area contributed by atoms with Crippen molar-refractivity contribution in [3.8, 4) is 0 Å². The van der Waals surface area contributed by atoms with Crippen LogP contribution in [0.3, 0.4) is 0 Å². The van der Waals surface area contributed by atoms with E-state index in [0.717, 1.165) is 5.56 Å². The molecule has 1 aromatic rings. The minimum atomic E-state index is -0.815. The summed E-state index contributed by atoms with van der Waals surface area (Å²) in [6.45, 7) is 7.05. The van der Waals surface area contributed by atoms with Crippen LogP contribution in [-0.2, 0) is 10.2 Å². The zero-order chi connectivity index (χ0) is 14.9. The molecule has 4 nitrogen and oxygen atoms in total. The summed E-state index contributed by atoms with van der Waals surface area (Å²) in [5.74, 6) is -1.30. The lowest BCUT2D eigenvalue weighted by Gasteiger charge is -2.25. The fourth-order valence-electron chi connectivity index (χ4n) is 2.64. The van der Waals surface area contributed by atoms with Gasteiger partial charge in [-0.1, -0.05) is 39.0 Å². The van der Waals surface area contributed by atoms with Crippen molar-refractivity contribution in [2.75, 3.05) is 13.1 Å². The second kappa shape index (κ2) is 5.27. The van der Waals surface area contributed by atoms with Crippen LogP contribution >= 0.6 is 0 Å². The predicted molar refractivity (Wildman–Crippen MR) is 76.8 cm³/mol. The Bertz CT molecular complexity index is 531. The molecule has 1 aliphatic rings. The third-order valence-corrected chi connectivity index (χ3v) is 3.79. The van der Waals surface area contributed by atoms with Crippen LogP contribution in [0.1, 0.15) is 43.1 Å². The highest BCUT2D eigenvalue weighted by molar-refractivity contribution is 5.96. The molecule has 2 rings (SSSR count). The van der Waals surface area contributed by atoms with E-state index in [9.17, 15) is 9.59 Å². The number of hydrogen-bond donors (Lipinski definition) is 1. The molecule has 1 amide bonds. The van der Waals surface area contributed by atoms with E-state index in [1.165, 1.54) is 0 Å². The first-order valence-corrected chi connectivity index (χ1v) is 6.92. The molecular weight excluding hydrogens is 254 g/mol. The van der Waals surface area contributed by atoms with Crippen LogP contribution in [-0.4, -0.2) is 35.0 Å². The average Bonchev–Trinajstić information content (AvgIpc) is 2.86. The third kappa shape index (κ3) is 2.84. The maximum Gasteiger partial charge on any atom is 0.308 e. The van der Waals surface area contributed by atoms with Crippen LogP contribution in [0, 0.1) is 5.92 Å². The van der Waals surface area contributed by atoms with E-state index in [0.29, 0.717) is 25.1 Å². The van der Waals surface area contributed by atoms with E-state index in [4.69, 9.17) is 5.11 Å². The molecule has 4 heteroatoms. The zero-order valence-electron chi connectivity index (χ0n) is 12.2. The number of rotatable bonds is 2. The zero-order valence-corrected chi connectivity index (χ0v) is 12.2. The quantitative estimate of drug-likeness (QED) is 0.902. The van der Waals surface area contributed by atoms with Crippen LogP contribution < -0.4 is 0 Å². The summed E-state index contributed by atoms with van der Waals surface area (Å²) in [7, 11) is 0. The lowest BCUT2D eigenvalue weighted by Crippen LogP contribution is -2.32. The Morgan fingerprint density at radius 3 is 2.45 bits per heavy atom. The van der Waals surface area contributed by atoms with Crippen molar-refractivity contribution in [3.63, 3.8) is 0 Å². The third-order valence-electron chi connectivity index (χ3n) is 3.79. The smallest absolute Gasteiger partial charge is 0.308 e. The molecule has 1 atom stereocenters. The molecule has 1 aliphatic heterocycles. The van der Waals surface area contributed by atoms with Crippen molar-refractivity contribution in [2.45, 2.75) is 32.6 Å². The number of benzene rings is 1. The van der Waals surface area contributed by atoms with Crippen molar-refractivity contribution in [3.05, 3.63) is 35.4 Å². The Balaban J connectivity index is 2.25. The molecule has 20 heavy (non-hydrogen) atoms. The number of carbonyl (C=O) groups excluding carboxylic acids is 1. The molecule has 1 aromatic carbocycles. The molecule has 1 unspecified atom stereocenters. The fraction of sp³-hybridized carbons (Fsp3) is 0.500. The normalized spacial score (nSPS) is 19.1. The first kappa shape index (κ1) is 14.6. The Morgan fingerprint density at radius 2 is 1.90 bits per heavy atom. The summed E-state index contributed by atoms with van der Waals surface area (Å²) in [6.07, 6.45) is 0.540. The number of carboxylic acids is 1. The van der Waals surface area contributed by atoms with Gasteiger partial charge in [0, 0.05) is 18.7 Å². The van der Waals surface area contributed by atoms with Gasteiger partial charge in [-0.05, 0) is 23.5 Å². The van der Waals surface area contributed by atoms with Crippen LogP contribution in [0.2, 0.25) is 0 Å². The first-order valence-electron chi connectivity index (χ1n) is 6.92. The van der Waals surface area contributed by atoms with Gasteiger partial charge in [0.25, 0.3) is 5.91 Å². The van der Waals surface area contributed by atoms with Gasteiger partial charge in [0.15, 0.2) is 0 Å². The molecule has 0 radical (unpaired) electrons. The Hall–Kier alpha value is -1.84. The summed E-state index contributed by atoms with van der Waals surface area (Å²) >= 11 is 0. The highest BCUT2D eigenvalue weighted by Gasteiger charge is 2.33. The maximum atomic E-state index is 12.6. The monoisotopic (exact) mass is 275 g/mol. The Kier molecular flexibility index (Phi) is 3.84. The van der Waals surface area contributed by atoms with Gasteiger partial charge in [-0.15, -0.1) is 0 Å². The summed E-state index contributed by atoms with van der Waals surface area (Å²) in [5, 5.41) is 9.03. The van der Waals surface area contributed by atoms with Crippen molar-refractivity contribution in [2.24, 2.45) is 5.92 Å². The number of amides is 1. The predicted octanol–water partition coefficient (Wildman–Crippen LogP) is 2.53. The highest BCUT2D eigenvalue weighted by Crippen LogP contribution is 2.28. The van der Waals surface area contributed by atoms with Gasteiger partial charge >= 0.3 is 5.97 Å². The number of aliphatic carboxylic acids is 1. The van der Waals surface area contributed by atoms with E-state index in [1.54, 1.807) is 4.90 Å². The van der Waals surface area contributed by atoms with Gasteiger partial charge in [-0.2, -0.15) is 0 Å². The average molecular weight is 275 g/mol. The van der Waals surface area contributed by atoms with Gasteiger partial charge in [0.2, 0.25) is 0 Å². The lowest BCUT2D eigenvalue weighted by molar-refractivity contribution is -0.141. The molecule has 1 saturated heterocycles.